The fourth-order valence-electron chi connectivity index (χ4n) is 6.02. The van der Waals surface area contributed by atoms with Gasteiger partial charge in [0, 0.05) is 6.89 Å². The number of nitrogens with zero attached hydrogens (tertiary/aromatic N) is 1. The van der Waals surface area contributed by atoms with Gasteiger partial charge in [-0.1, -0.05) is 124 Å². The normalized spacial score (nSPS) is 18.2. The molecule has 4 rings (SSSR count). The maximum Gasteiger partial charge on any atom is 0.356 e. The van der Waals surface area contributed by atoms with Gasteiger partial charge in [0.1, 0.15) is 12.0 Å². The van der Waals surface area contributed by atoms with Gasteiger partial charge in [0.25, 0.3) is 0 Å². The number of hydrogen-bond donors (Lipinski definition) is 1. The molecule has 0 unspecified atom stereocenters. The van der Waals surface area contributed by atoms with Crippen LogP contribution in [0.25, 0.3) is 0 Å². The van der Waals surface area contributed by atoms with Crippen LogP contribution in [-0.2, 0) is 23.5 Å². The van der Waals surface area contributed by atoms with Crippen molar-refractivity contribution in [2.24, 2.45) is 11.8 Å². The van der Waals surface area contributed by atoms with Crippen LogP contribution < -0.4 is 15.9 Å². The van der Waals surface area contributed by atoms with Crippen LogP contribution in [-0.4, -0.2) is 60.3 Å². The minimum Gasteiger partial charge on any atom is -0.481 e. The summed E-state index contributed by atoms with van der Waals surface area (Å²) in [5.74, 6) is -3.86. The quantitative estimate of drug-likeness (QED) is 0.0870. The molecule has 1 fully saturated rings. The van der Waals surface area contributed by atoms with Gasteiger partial charge in [-0.3, -0.25) is 9.59 Å². The van der Waals surface area contributed by atoms with Crippen LogP contribution in [0.4, 0.5) is 0 Å². The second-order valence-corrected chi connectivity index (χ2v) is 21.4. The molecule has 1 saturated heterocycles. The number of carbonyl (C=O) groups is 3. The SMILES string of the molecule is C=CCOC(=O)C(N1C(=O)[C@H]([C@@H](C)O[Si](C)(C)C(C)(C)C)[C@H]1[C@@H](C)C(=O)O)=P(c1ccccc1)(c1ccccc1)c1ccccc1. The molecular weight excluding hydrogens is 613 g/mol. The molecule has 1 heterocycles. The maximum atomic E-state index is 14.7. The van der Waals surface area contributed by atoms with Gasteiger partial charge in [-0.15, -0.1) is 0 Å². The Morgan fingerprint density at radius 1 is 0.913 bits per heavy atom. The molecule has 9 heteroatoms. The number of carbonyl (C=O) groups excluding carboxylic acids is 2. The number of rotatable bonds is 12. The molecule has 1 N–H and O–H groups in total. The first-order valence-corrected chi connectivity index (χ1v) is 20.3. The summed E-state index contributed by atoms with van der Waals surface area (Å²) in [4.78, 5) is 43.4. The van der Waals surface area contributed by atoms with E-state index in [0.717, 1.165) is 15.9 Å². The van der Waals surface area contributed by atoms with Gasteiger partial charge in [-0.05, 0) is 47.9 Å². The van der Waals surface area contributed by atoms with Crippen LogP contribution in [0.1, 0.15) is 34.6 Å². The molecule has 0 aromatic heterocycles. The Morgan fingerprint density at radius 2 is 1.35 bits per heavy atom. The summed E-state index contributed by atoms with van der Waals surface area (Å²) < 4.78 is 12.5. The van der Waals surface area contributed by atoms with E-state index in [1.807, 2.05) is 97.9 Å². The van der Waals surface area contributed by atoms with E-state index in [1.165, 1.54) is 11.0 Å². The van der Waals surface area contributed by atoms with Gasteiger partial charge in [-0.2, -0.15) is 0 Å². The van der Waals surface area contributed by atoms with Crippen molar-refractivity contribution in [3.8, 4) is 0 Å². The van der Waals surface area contributed by atoms with Gasteiger partial charge in [0.05, 0.1) is 24.0 Å². The van der Waals surface area contributed by atoms with Gasteiger partial charge >= 0.3 is 11.9 Å². The highest BCUT2D eigenvalue weighted by atomic mass is 31.2. The molecule has 1 aliphatic heterocycles. The summed E-state index contributed by atoms with van der Waals surface area (Å²) >= 11 is 0. The van der Waals surface area contributed by atoms with Crippen LogP contribution in [0.5, 0.6) is 0 Å². The number of β-lactam (4-membered cyclic amide) rings is 1. The Hall–Kier alpha value is -3.71. The third-order valence-electron chi connectivity index (χ3n) is 9.37. The molecule has 4 atom stereocenters. The van der Waals surface area contributed by atoms with E-state index in [4.69, 9.17) is 9.16 Å². The van der Waals surface area contributed by atoms with Crippen LogP contribution in [0.3, 0.4) is 0 Å². The summed E-state index contributed by atoms with van der Waals surface area (Å²) in [6.07, 6.45) is 0.913. The first-order chi connectivity index (χ1) is 21.7. The van der Waals surface area contributed by atoms with Gasteiger partial charge in [0.2, 0.25) is 5.91 Å². The zero-order valence-electron chi connectivity index (χ0n) is 27.8. The lowest BCUT2D eigenvalue weighted by atomic mass is 9.76. The number of benzene rings is 3. The number of ether oxygens (including phenoxy) is 1. The van der Waals surface area contributed by atoms with Crippen molar-refractivity contribution in [2.45, 2.75) is 64.9 Å². The number of hydrogen-bond acceptors (Lipinski definition) is 5. The summed E-state index contributed by atoms with van der Waals surface area (Å²) in [5, 5.41) is 12.8. The van der Waals surface area contributed by atoms with E-state index in [0.29, 0.717) is 0 Å². The van der Waals surface area contributed by atoms with Crippen molar-refractivity contribution in [3.05, 3.63) is 104 Å². The van der Waals surface area contributed by atoms with Crippen molar-refractivity contribution in [1.82, 2.24) is 4.90 Å². The van der Waals surface area contributed by atoms with E-state index < -0.39 is 51.1 Å². The Labute approximate surface area is 274 Å². The first kappa shape index (κ1) is 35.1. The molecular formula is C37H46NO6PSi. The topological polar surface area (TPSA) is 93.1 Å². The van der Waals surface area contributed by atoms with E-state index in [9.17, 15) is 19.5 Å². The molecule has 1 aliphatic rings. The monoisotopic (exact) mass is 659 g/mol. The minimum absolute atomic E-state index is 0.0732. The van der Waals surface area contributed by atoms with Crippen LogP contribution >= 0.6 is 6.89 Å². The summed E-state index contributed by atoms with van der Waals surface area (Å²) in [5.41, 5.74) is 0.150. The predicted molar refractivity (Wildman–Crippen MR) is 190 cm³/mol. The largest absolute Gasteiger partial charge is 0.481 e. The lowest BCUT2D eigenvalue weighted by Crippen LogP contribution is -2.71. The molecule has 3 aromatic rings. The lowest BCUT2D eigenvalue weighted by Gasteiger charge is -2.54. The number of aliphatic carboxylic acids is 1. The van der Waals surface area contributed by atoms with Crippen LogP contribution in [0, 0.1) is 11.8 Å². The van der Waals surface area contributed by atoms with Crippen LogP contribution in [0.15, 0.2) is 104 Å². The lowest BCUT2D eigenvalue weighted by molar-refractivity contribution is -0.165. The summed E-state index contributed by atoms with van der Waals surface area (Å²) in [7, 11) is -2.34. The standard InChI is InChI=1S/C37H46NO6PSi/c1-9-25-43-36(42)34(38-32(26(2)35(40)41)31(33(38)39)27(3)44-46(7,8)37(4,5)6)45(28-19-13-10-14-20-28,29-21-15-11-16-22-29)30-23-17-12-18-24-30/h9-24,26-27,31-32H,1,25H2,2-8H3,(H,40,41)/t26-,27-,31-,32-/m1/s1. The number of amides is 1. The Kier molecular flexibility index (Phi) is 10.7. The van der Waals surface area contributed by atoms with Crippen molar-refractivity contribution in [2.75, 3.05) is 6.61 Å². The molecule has 46 heavy (non-hydrogen) atoms. The highest BCUT2D eigenvalue weighted by molar-refractivity contribution is 7.96. The fourth-order valence-corrected chi connectivity index (χ4v) is 11.8. The molecule has 7 nitrogen and oxygen atoms in total. The Morgan fingerprint density at radius 3 is 1.72 bits per heavy atom. The first-order valence-electron chi connectivity index (χ1n) is 15.6. The van der Waals surface area contributed by atoms with Gasteiger partial charge in [0.15, 0.2) is 8.32 Å². The molecule has 244 valence electrons. The van der Waals surface area contributed by atoms with Crippen molar-refractivity contribution >= 4 is 54.4 Å². The predicted octanol–water partition coefficient (Wildman–Crippen LogP) is 5.80. The van der Waals surface area contributed by atoms with Crippen molar-refractivity contribution < 1.29 is 28.7 Å². The molecule has 0 spiro atoms. The number of esters is 1. The second-order valence-electron chi connectivity index (χ2n) is 13.3. The van der Waals surface area contributed by atoms with Crippen molar-refractivity contribution in [1.29, 1.82) is 0 Å². The molecule has 0 radical (unpaired) electrons. The third-order valence-corrected chi connectivity index (χ3v) is 18.2. The smallest absolute Gasteiger partial charge is 0.356 e. The average Bonchev–Trinajstić information content (AvgIpc) is 3.02. The fraction of sp³-hybridized carbons (Fsp3) is 0.351. The van der Waals surface area contributed by atoms with Crippen molar-refractivity contribution in [3.63, 3.8) is 0 Å². The second kappa shape index (κ2) is 14.0. The molecule has 3 aromatic carbocycles. The molecule has 1 amide bonds. The zero-order chi connectivity index (χ0) is 33.9. The maximum absolute atomic E-state index is 14.7. The minimum atomic E-state index is -3.16. The molecule has 0 saturated carbocycles. The average molecular weight is 660 g/mol. The molecule has 0 aliphatic carbocycles. The van der Waals surface area contributed by atoms with E-state index in [1.54, 1.807) is 6.92 Å². The zero-order valence-corrected chi connectivity index (χ0v) is 29.7. The van der Waals surface area contributed by atoms with E-state index in [-0.39, 0.29) is 23.0 Å². The third kappa shape index (κ3) is 6.44. The summed E-state index contributed by atoms with van der Waals surface area (Å²) in [6, 6.07) is 28.1. The summed E-state index contributed by atoms with van der Waals surface area (Å²) in [6.45, 7) is 14.5. The van der Waals surface area contributed by atoms with Crippen LogP contribution in [0.2, 0.25) is 18.1 Å². The number of carboxylic acids is 1. The Bertz CT molecular complexity index is 1510. The van der Waals surface area contributed by atoms with E-state index in [2.05, 4.69) is 40.4 Å². The number of carboxylic acid groups (broad SMARTS) is 1. The Balaban J connectivity index is 2.13. The highest BCUT2D eigenvalue weighted by Crippen LogP contribution is 2.51. The van der Waals surface area contributed by atoms with Gasteiger partial charge < -0.3 is 19.2 Å². The van der Waals surface area contributed by atoms with E-state index >= 15 is 0 Å². The van der Waals surface area contributed by atoms with Gasteiger partial charge in [-0.25, -0.2) is 4.79 Å². The molecule has 0 bridgehead atoms. The highest BCUT2D eigenvalue weighted by Gasteiger charge is 2.59. The number of likely N-dealkylation sites (tertiary alicyclic amines) is 1.